The van der Waals surface area contributed by atoms with Crippen LogP contribution in [0.3, 0.4) is 0 Å². The quantitative estimate of drug-likeness (QED) is 0.684. The molecule has 82 valence electrons. The number of hydrogen-bond donors (Lipinski definition) is 0. The zero-order valence-electron chi connectivity index (χ0n) is 9.57. The molecule has 0 aliphatic rings. The van der Waals surface area contributed by atoms with Crippen molar-refractivity contribution in [2.24, 2.45) is 0 Å². The first-order valence-corrected chi connectivity index (χ1v) is 5.53. The number of rotatable bonds is 2. The van der Waals surface area contributed by atoms with Gasteiger partial charge in [0.1, 0.15) is 5.82 Å². The summed E-state index contributed by atoms with van der Waals surface area (Å²) in [6.45, 7) is 4.28. The van der Waals surface area contributed by atoms with Crippen LogP contribution in [0.2, 0.25) is 0 Å². The van der Waals surface area contributed by atoms with Crippen molar-refractivity contribution >= 4 is 0 Å². The molecule has 0 saturated heterocycles. The highest BCUT2D eigenvalue weighted by atomic mass is 19.1. The molecule has 0 unspecified atom stereocenters. The van der Waals surface area contributed by atoms with Gasteiger partial charge < -0.3 is 0 Å². The third-order valence-corrected chi connectivity index (χ3v) is 2.74. The Labute approximate surface area is 95.7 Å². The lowest BCUT2D eigenvalue weighted by molar-refractivity contribution is 0.631. The summed E-state index contributed by atoms with van der Waals surface area (Å²) in [7, 11) is 0. The van der Waals surface area contributed by atoms with E-state index in [0.717, 1.165) is 5.56 Å². The molecule has 0 amide bonds. The summed E-state index contributed by atoms with van der Waals surface area (Å²) in [5, 5.41) is 0. The van der Waals surface area contributed by atoms with E-state index >= 15 is 0 Å². The van der Waals surface area contributed by atoms with Gasteiger partial charge >= 0.3 is 0 Å². The Morgan fingerprint density at radius 2 is 1.69 bits per heavy atom. The molecule has 0 saturated carbocycles. The average Bonchev–Trinajstić information content (AvgIpc) is 2.30. The Kier molecular flexibility index (Phi) is 3.04. The molecule has 2 rings (SSSR count). The van der Waals surface area contributed by atoms with Gasteiger partial charge in [-0.1, -0.05) is 56.3 Å². The molecule has 0 spiro atoms. The minimum atomic E-state index is -0.164. The maximum absolute atomic E-state index is 13.6. The van der Waals surface area contributed by atoms with Crippen LogP contribution in [0.15, 0.2) is 48.5 Å². The molecule has 0 radical (unpaired) electrons. The molecule has 0 heterocycles. The van der Waals surface area contributed by atoms with E-state index in [0.29, 0.717) is 11.5 Å². The maximum Gasteiger partial charge on any atom is 0.131 e. The molecular weight excluding hydrogens is 199 g/mol. The molecule has 0 aromatic heterocycles. The van der Waals surface area contributed by atoms with Crippen molar-refractivity contribution < 1.29 is 4.39 Å². The Morgan fingerprint density at radius 3 is 2.38 bits per heavy atom. The van der Waals surface area contributed by atoms with Gasteiger partial charge in [0.25, 0.3) is 0 Å². The summed E-state index contributed by atoms with van der Waals surface area (Å²) in [5.41, 5.74) is 2.86. The first-order chi connectivity index (χ1) is 7.68. The summed E-state index contributed by atoms with van der Waals surface area (Å²) < 4.78 is 13.6. The molecule has 0 bridgehead atoms. The molecule has 0 aliphatic heterocycles. The minimum absolute atomic E-state index is 0.164. The van der Waals surface area contributed by atoms with Crippen LogP contribution in [-0.4, -0.2) is 0 Å². The molecule has 0 fully saturated rings. The van der Waals surface area contributed by atoms with Crippen LogP contribution in [0.1, 0.15) is 25.3 Å². The average molecular weight is 214 g/mol. The summed E-state index contributed by atoms with van der Waals surface area (Å²) in [4.78, 5) is 0. The monoisotopic (exact) mass is 214 g/mol. The SMILES string of the molecule is CC(C)c1cccc(-c2ccccc2F)c1. The van der Waals surface area contributed by atoms with Crippen molar-refractivity contribution in [1.29, 1.82) is 0 Å². The lowest BCUT2D eigenvalue weighted by atomic mass is 9.97. The zero-order chi connectivity index (χ0) is 11.5. The molecule has 2 aromatic carbocycles. The van der Waals surface area contributed by atoms with Gasteiger partial charge in [-0.05, 0) is 23.1 Å². The van der Waals surface area contributed by atoms with Crippen molar-refractivity contribution in [1.82, 2.24) is 0 Å². The van der Waals surface area contributed by atoms with Crippen LogP contribution in [0.4, 0.5) is 4.39 Å². The van der Waals surface area contributed by atoms with Gasteiger partial charge in [-0.15, -0.1) is 0 Å². The fourth-order valence-corrected chi connectivity index (χ4v) is 1.76. The smallest absolute Gasteiger partial charge is 0.131 e. The second kappa shape index (κ2) is 4.48. The fourth-order valence-electron chi connectivity index (χ4n) is 1.76. The van der Waals surface area contributed by atoms with Gasteiger partial charge in [0.05, 0.1) is 0 Å². The van der Waals surface area contributed by atoms with Crippen molar-refractivity contribution in [3.8, 4) is 11.1 Å². The van der Waals surface area contributed by atoms with Crippen LogP contribution in [0, 0.1) is 5.82 Å². The van der Waals surface area contributed by atoms with Crippen molar-refractivity contribution in [2.45, 2.75) is 19.8 Å². The van der Waals surface area contributed by atoms with Gasteiger partial charge in [0.2, 0.25) is 0 Å². The summed E-state index contributed by atoms with van der Waals surface area (Å²) in [6.07, 6.45) is 0. The third kappa shape index (κ3) is 2.13. The predicted octanol–water partition coefficient (Wildman–Crippen LogP) is 4.62. The normalized spacial score (nSPS) is 10.8. The maximum atomic E-state index is 13.6. The molecule has 0 N–H and O–H groups in total. The second-order valence-corrected chi connectivity index (χ2v) is 4.26. The fraction of sp³-hybridized carbons (Fsp3) is 0.200. The topological polar surface area (TPSA) is 0 Å². The van der Waals surface area contributed by atoms with E-state index in [4.69, 9.17) is 0 Å². The van der Waals surface area contributed by atoms with E-state index in [9.17, 15) is 4.39 Å². The Balaban J connectivity index is 2.49. The van der Waals surface area contributed by atoms with Crippen molar-refractivity contribution in [2.75, 3.05) is 0 Å². The first kappa shape index (κ1) is 10.9. The third-order valence-electron chi connectivity index (χ3n) is 2.74. The molecule has 16 heavy (non-hydrogen) atoms. The summed E-state index contributed by atoms with van der Waals surface area (Å²) in [6, 6.07) is 15.0. The standard InChI is InChI=1S/C15H15F/c1-11(2)12-6-5-7-13(10-12)14-8-3-4-9-15(14)16/h3-11H,1-2H3. The molecular formula is C15H15F. The molecule has 0 nitrogen and oxygen atoms in total. The van der Waals surface area contributed by atoms with Crippen LogP contribution in [-0.2, 0) is 0 Å². The highest BCUT2D eigenvalue weighted by Gasteiger charge is 2.05. The van der Waals surface area contributed by atoms with E-state index in [1.54, 1.807) is 6.07 Å². The Bertz CT molecular complexity index is 486. The molecule has 0 atom stereocenters. The zero-order valence-corrected chi connectivity index (χ0v) is 9.57. The van der Waals surface area contributed by atoms with Crippen molar-refractivity contribution in [3.05, 3.63) is 59.9 Å². The van der Waals surface area contributed by atoms with Crippen LogP contribution in [0.25, 0.3) is 11.1 Å². The highest BCUT2D eigenvalue weighted by Crippen LogP contribution is 2.25. The van der Waals surface area contributed by atoms with Crippen molar-refractivity contribution in [3.63, 3.8) is 0 Å². The number of hydrogen-bond acceptors (Lipinski definition) is 0. The first-order valence-electron chi connectivity index (χ1n) is 5.53. The van der Waals surface area contributed by atoms with Crippen LogP contribution >= 0.6 is 0 Å². The van der Waals surface area contributed by atoms with Gasteiger partial charge in [0.15, 0.2) is 0 Å². The Hall–Kier alpha value is -1.63. The van der Waals surface area contributed by atoms with Gasteiger partial charge in [0, 0.05) is 5.56 Å². The lowest BCUT2D eigenvalue weighted by Gasteiger charge is -2.08. The van der Waals surface area contributed by atoms with Gasteiger partial charge in [-0.3, -0.25) is 0 Å². The van der Waals surface area contributed by atoms with Crippen LogP contribution in [0.5, 0.6) is 0 Å². The molecule has 0 aliphatic carbocycles. The second-order valence-electron chi connectivity index (χ2n) is 4.26. The van der Waals surface area contributed by atoms with Gasteiger partial charge in [-0.25, -0.2) is 4.39 Å². The predicted molar refractivity (Wildman–Crippen MR) is 65.9 cm³/mol. The van der Waals surface area contributed by atoms with E-state index in [1.165, 1.54) is 11.6 Å². The van der Waals surface area contributed by atoms with Crippen LogP contribution < -0.4 is 0 Å². The largest absolute Gasteiger partial charge is 0.206 e. The molecule has 2 aromatic rings. The van der Waals surface area contributed by atoms with E-state index in [1.807, 2.05) is 24.3 Å². The highest BCUT2D eigenvalue weighted by molar-refractivity contribution is 5.64. The van der Waals surface area contributed by atoms with E-state index < -0.39 is 0 Å². The lowest BCUT2D eigenvalue weighted by Crippen LogP contribution is -1.89. The summed E-state index contributed by atoms with van der Waals surface area (Å²) >= 11 is 0. The van der Waals surface area contributed by atoms with Gasteiger partial charge in [-0.2, -0.15) is 0 Å². The summed E-state index contributed by atoms with van der Waals surface area (Å²) in [5.74, 6) is 0.301. The van der Waals surface area contributed by atoms with E-state index in [-0.39, 0.29) is 5.82 Å². The minimum Gasteiger partial charge on any atom is -0.206 e. The Morgan fingerprint density at radius 1 is 0.938 bits per heavy atom. The van der Waals surface area contributed by atoms with E-state index in [2.05, 4.69) is 26.0 Å². The number of halogens is 1. The number of benzene rings is 2. The molecule has 1 heteroatoms.